The van der Waals surface area contributed by atoms with Gasteiger partial charge in [-0.1, -0.05) is 29.8 Å². The smallest absolute Gasteiger partial charge is 0.0456 e. The van der Waals surface area contributed by atoms with Crippen molar-refractivity contribution in [2.24, 2.45) is 0 Å². The fourth-order valence-corrected chi connectivity index (χ4v) is 3.90. The second-order valence-electron chi connectivity index (χ2n) is 5.87. The Morgan fingerprint density at radius 1 is 1.32 bits per heavy atom. The van der Waals surface area contributed by atoms with Gasteiger partial charge in [0.25, 0.3) is 0 Å². The summed E-state index contributed by atoms with van der Waals surface area (Å²) >= 11 is 4.21. The van der Waals surface area contributed by atoms with Crippen molar-refractivity contribution in [1.82, 2.24) is 4.90 Å². The molecule has 0 bridgehead atoms. The number of hydrogen-bond acceptors (Lipinski definition) is 3. The minimum Gasteiger partial charge on any atom is -0.768 e. The average Bonchev–Trinajstić information content (AvgIpc) is 2.47. The summed E-state index contributed by atoms with van der Waals surface area (Å²) in [5.41, 5.74) is 4.48. The molecule has 2 aromatic rings. The number of aryl methyl sites for hydroxylation is 1. The van der Waals surface area contributed by atoms with Crippen LogP contribution >= 0.6 is 11.6 Å². The summed E-state index contributed by atoms with van der Waals surface area (Å²) in [6, 6.07) is 11.3. The number of nitrogens with zero attached hydrogens (tertiary/aromatic N) is 1. The first-order valence-electron chi connectivity index (χ1n) is 7.12. The minimum atomic E-state index is -2.21. The van der Waals surface area contributed by atoms with E-state index >= 15 is 0 Å². The lowest BCUT2D eigenvalue weighted by molar-refractivity contribution is 0.295. The lowest BCUT2D eigenvalue weighted by Crippen LogP contribution is -2.31. The number of benzene rings is 2. The maximum absolute atomic E-state index is 11.2. The molecule has 0 radical (unpaired) electrons. The Balaban J connectivity index is 2.13. The van der Waals surface area contributed by atoms with Gasteiger partial charge in [-0.2, -0.15) is 0 Å². The van der Waals surface area contributed by atoms with Crippen LogP contribution < -0.4 is 0 Å². The molecular formula is C17H17ClNO2S-. The summed E-state index contributed by atoms with van der Waals surface area (Å²) in [5.74, 6) is 0.134. The number of halogens is 1. The van der Waals surface area contributed by atoms with Crippen molar-refractivity contribution in [2.45, 2.75) is 24.3 Å². The highest BCUT2D eigenvalue weighted by Crippen LogP contribution is 2.37. The maximum atomic E-state index is 11.2. The first-order valence-corrected chi connectivity index (χ1v) is 8.57. The van der Waals surface area contributed by atoms with Gasteiger partial charge in [0.2, 0.25) is 0 Å². The number of hydrogen-bond donors (Lipinski definition) is 0. The molecule has 0 saturated heterocycles. The lowest BCUT2D eigenvalue weighted by atomic mass is 9.84. The Bertz CT molecular complexity index is 747. The van der Waals surface area contributed by atoms with Crippen LogP contribution in [-0.4, -0.2) is 27.3 Å². The zero-order chi connectivity index (χ0) is 15.9. The van der Waals surface area contributed by atoms with Crippen LogP contribution in [-0.2, 0) is 17.6 Å². The van der Waals surface area contributed by atoms with E-state index in [0.29, 0.717) is 4.90 Å². The Hall–Kier alpha value is -1.20. The van der Waals surface area contributed by atoms with Gasteiger partial charge >= 0.3 is 0 Å². The molecule has 1 aliphatic rings. The monoisotopic (exact) mass is 334 g/mol. The molecule has 0 aliphatic carbocycles. The van der Waals surface area contributed by atoms with Gasteiger partial charge in [0.15, 0.2) is 0 Å². The standard InChI is InChI=1S/C17H18ClNO2S/c1-11-6-14-15(9-19(2)10-16(14)17(18)7-11)12-4-3-5-13(8-12)22(20)21/h3-8,15H,9-10H2,1-2H3,(H,20,21)/p-1. The molecule has 116 valence electrons. The predicted octanol–water partition coefficient (Wildman–Crippen LogP) is 3.46. The summed E-state index contributed by atoms with van der Waals surface area (Å²) in [5, 5.41) is 0.787. The minimum absolute atomic E-state index is 0.134. The van der Waals surface area contributed by atoms with Gasteiger partial charge in [0, 0.05) is 28.9 Å². The van der Waals surface area contributed by atoms with E-state index in [2.05, 4.69) is 18.0 Å². The molecule has 0 aromatic heterocycles. The fourth-order valence-electron chi connectivity index (χ4n) is 3.14. The molecule has 3 rings (SSSR count). The second-order valence-corrected chi connectivity index (χ2v) is 7.22. The highest BCUT2D eigenvalue weighted by molar-refractivity contribution is 7.79. The van der Waals surface area contributed by atoms with Gasteiger partial charge in [-0.15, -0.1) is 0 Å². The van der Waals surface area contributed by atoms with E-state index in [0.717, 1.165) is 34.8 Å². The Morgan fingerprint density at radius 2 is 2.09 bits per heavy atom. The molecule has 1 heterocycles. The second kappa shape index (κ2) is 6.13. The van der Waals surface area contributed by atoms with E-state index < -0.39 is 11.1 Å². The van der Waals surface area contributed by atoms with Gasteiger partial charge in [-0.3, -0.25) is 4.21 Å². The SMILES string of the molecule is Cc1cc(Cl)c2c(c1)C(c1cccc(S(=O)[O-])c1)CN(C)C2. The van der Waals surface area contributed by atoms with Crippen molar-refractivity contribution < 1.29 is 8.76 Å². The Labute approximate surface area is 138 Å². The molecule has 0 amide bonds. The van der Waals surface area contributed by atoms with Crippen LogP contribution in [0.15, 0.2) is 41.3 Å². The van der Waals surface area contributed by atoms with Crippen molar-refractivity contribution in [3.05, 3.63) is 63.7 Å². The molecular weight excluding hydrogens is 318 g/mol. The van der Waals surface area contributed by atoms with E-state index in [1.165, 1.54) is 5.56 Å². The van der Waals surface area contributed by atoms with Gasteiger partial charge in [-0.25, -0.2) is 0 Å². The van der Waals surface area contributed by atoms with Crippen LogP contribution in [0, 0.1) is 6.92 Å². The van der Waals surface area contributed by atoms with Crippen molar-refractivity contribution in [3.8, 4) is 0 Å². The van der Waals surface area contributed by atoms with Gasteiger partial charge in [0.05, 0.1) is 0 Å². The first kappa shape index (κ1) is 15.7. The number of fused-ring (bicyclic) bond motifs is 1. The van der Waals surface area contributed by atoms with Crippen LogP contribution in [0.25, 0.3) is 0 Å². The van der Waals surface area contributed by atoms with Crippen LogP contribution in [0.5, 0.6) is 0 Å². The molecule has 3 nitrogen and oxygen atoms in total. The van der Waals surface area contributed by atoms with Gasteiger partial charge < -0.3 is 9.45 Å². The highest BCUT2D eigenvalue weighted by Gasteiger charge is 2.26. The molecule has 5 heteroatoms. The topological polar surface area (TPSA) is 43.4 Å². The molecule has 22 heavy (non-hydrogen) atoms. The molecule has 2 aromatic carbocycles. The summed E-state index contributed by atoms with van der Waals surface area (Å²) in [6.07, 6.45) is 0. The zero-order valence-electron chi connectivity index (χ0n) is 12.5. The zero-order valence-corrected chi connectivity index (χ0v) is 14.1. The van der Waals surface area contributed by atoms with E-state index in [9.17, 15) is 8.76 Å². The third-order valence-electron chi connectivity index (χ3n) is 4.12. The van der Waals surface area contributed by atoms with Gasteiger partial charge in [-0.05, 0) is 65.5 Å². The molecule has 0 saturated carbocycles. The summed E-state index contributed by atoms with van der Waals surface area (Å²) in [4.78, 5) is 2.54. The van der Waals surface area contributed by atoms with Gasteiger partial charge in [0.1, 0.15) is 0 Å². The first-order chi connectivity index (χ1) is 10.5. The normalized spacial score (nSPS) is 19.7. The molecule has 0 spiro atoms. The molecule has 2 atom stereocenters. The number of rotatable bonds is 2. The molecule has 1 aliphatic heterocycles. The summed E-state index contributed by atoms with van der Waals surface area (Å²) < 4.78 is 22.4. The summed E-state index contributed by atoms with van der Waals surface area (Å²) in [6.45, 7) is 3.70. The fraction of sp³-hybridized carbons (Fsp3) is 0.294. The number of likely N-dealkylation sites (N-methyl/N-ethyl adjacent to an activating group) is 1. The largest absolute Gasteiger partial charge is 0.768 e. The highest BCUT2D eigenvalue weighted by atomic mass is 35.5. The van der Waals surface area contributed by atoms with E-state index in [-0.39, 0.29) is 5.92 Å². The maximum Gasteiger partial charge on any atom is 0.0456 e. The van der Waals surface area contributed by atoms with Crippen molar-refractivity contribution in [3.63, 3.8) is 0 Å². The van der Waals surface area contributed by atoms with Crippen molar-refractivity contribution >= 4 is 22.7 Å². The van der Waals surface area contributed by atoms with E-state index in [4.69, 9.17) is 11.6 Å². The average molecular weight is 335 g/mol. The van der Waals surface area contributed by atoms with E-state index in [1.807, 2.05) is 19.1 Å². The van der Waals surface area contributed by atoms with Crippen LogP contribution in [0.2, 0.25) is 5.02 Å². The third-order valence-corrected chi connectivity index (χ3v) is 5.10. The van der Waals surface area contributed by atoms with Crippen LogP contribution in [0.4, 0.5) is 0 Å². The molecule has 0 fully saturated rings. The Morgan fingerprint density at radius 3 is 2.82 bits per heavy atom. The Kier molecular flexibility index (Phi) is 4.37. The van der Waals surface area contributed by atoms with Crippen LogP contribution in [0.1, 0.15) is 28.2 Å². The summed E-state index contributed by atoms with van der Waals surface area (Å²) in [7, 11) is 2.06. The lowest BCUT2D eigenvalue weighted by Gasteiger charge is -2.33. The quantitative estimate of drug-likeness (QED) is 0.790. The predicted molar refractivity (Wildman–Crippen MR) is 88.0 cm³/mol. The molecule has 2 unspecified atom stereocenters. The van der Waals surface area contributed by atoms with Crippen molar-refractivity contribution in [1.29, 1.82) is 0 Å². The molecule has 0 N–H and O–H groups in total. The van der Waals surface area contributed by atoms with Crippen LogP contribution in [0.3, 0.4) is 0 Å². The van der Waals surface area contributed by atoms with E-state index in [1.54, 1.807) is 18.2 Å². The third kappa shape index (κ3) is 2.97. The van der Waals surface area contributed by atoms with Crippen molar-refractivity contribution in [2.75, 3.05) is 13.6 Å².